The zero-order valence-corrected chi connectivity index (χ0v) is 24.7. The molecule has 1 heteroatoms. The number of benzene rings is 7. The van der Waals surface area contributed by atoms with E-state index in [0.29, 0.717) is 0 Å². The van der Waals surface area contributed by atoms with Crippen LogP contribution in [0.1, 0.15) is 23.6 Å². The second-order valence-electron chi connectivity index (χ2n) is 11.8. The van der Waals surface area contributed by atoms with Crippen LogP contribution in [0.5, 0.6) is 0 Å². The van der Waals surface area contributed by atoms with E-state index in [9.17, 15) is 0 Å². The Balaban J connectivity index is 1.10. The van der Waals surface area contributed by atoms with E-state index in [1.54, 1.807) is 0 Å². The fourth-order valence-electron chi connectivity index (χ4n) is 7.35. The normalized spacial score (nSPS) is 16.0. The standard InChI is InChI=1S/C42H28S/c1-42(32-11-3-2-4-12-32)37-15-6-5-13-33(37)34-23-21-31(26-38(34)42)28-19-17-27(18-20-28)30-22-24-39-36(25-30)35-14-7-9-29-10-8-16-40(43-39)41(29)35/h2-26H,1H3. The summed E-state index contributed by atoms with van der Waals surface area (Å²) in [6.45, 7) is 2.38. The first-order valence-electron chi connectivity index (χ1n) is 14.9. The van der Waals surface area contributed by atoms with Gasteiger partial charge < -0.3 is 0 Å². The molecule has 0 aromatic heterocycles. The summed E-state index contributed by atoms with van der Waals surface area (Å²) in [6.07, 6.45) is 0. The topological polar surface area (TPSA) is 0 Å². The molecule has 1 aliphatic carbocycles. The Morgan fingerprint density at radius 3 is 1.86 bits per heavy atom. The van der Waals surface area contributed by atoms with Crippen LogP contribution in [-0.2, 0) is 5.41 Å². The van der Waals surface area contributed by atoms with Gasteiger partial charge in [0.1, 0.15) is 0 Å². The number of hydrogen-bond acceptors (Lipinski definition) is 1. The van der Waals surface area contributed by atoms with Crippen LogP contribution in [-0.4, -0.2) is 0 Å². The molecule has 202 valence electrons. The molecule has 1 aliphatic heterocycles. The van der Waals surface area contributed by atoms with Gasteiger partial charge in [0.05, 0.1) is 0 Å². The van der Waals surface area contributed by atoms with Crippen molar-refractivity contribution in [3.8, 4) is 44.5 Å². The summed E-state index contributed by atoms with van der Waals surface area (Å²) in [6, 6.07) is 56.2. The predicted molar refractivity (Wildman–Crippen MR) is 182 cm³/mol. The number of rotatable bonds is 3. The molecule has 7 aromatic rings. The highest BCUT2D eigenvalue weighted by Crippen LogP contribution is 2.53. The van der Waals surface area contributed by atoms with E-state index >= 15 is 0 Å². The lowest BCUT2D eigenvalue weighted by molar-refractivity contribution is 0.714. The van der Waals surface area contributed by atoms with Crippen molar-refractivity contribution in [1.29, 1.82) is 0 Å². The van der Waals surface area contributed by atoms with Crippen LogP contribution in [0.15, 0.2) is 161 Å². The molecule has 0 saturated carbocycles. The molecule has 0 fully saturated rings. The minimum absolute atomic E-state index is 0.189. The van der Waals surface area contributed by atoms with Crippen molar-refractivity contribution in [2.45, 2.75) is 22.1 Å². The molecule has 0 N–H and O–H groups in total. The fourth-order valence-corrected chi connectivity index (χ4v) is 8.48. The van der Waals surface area contributed by atoms with Gasteiger partial charge in [0.25, 0.3) is 0 Å². The van der Waals surface area contributed by atoms with Gasteiger partial charge in [0.15, 0.2) is 0 Å². The summed E-state index contributed by atoms with van der Waals surface area (Å²) in [5, 5.41) is 2.68. The molecule has 0 radical (unpaired) electrons. The van der Waals surface area contributed by atoms with E-state index in [2.05, 4.69) is 159 Å². The van der Waals surface area contributed by atoms with Gasteiger partial charge in [-0.1, -0.05) is 139 Å². The molecule has 0 amide bonds. The highest BCUT2D eigenvalue weighted by atomic mass is 32.2. The van der Waals surface area contributed by atoms with Crippen molar-refractivity contribution in [3.05, 3.63) is 168 Å². The Hall–Kier alpha value is -4.85. The van der Waals surface area contributed by atoms with Gasteiger partial charge in [-0.2, -0.15) is 0 Å². The smallest absolute Gasteiger partial charge is 0.0435 e. The van der Waals surface area contributed by atoms with Gasteiger partial charge in [-0.3, -0.25) is 0 Å². The SMILES string of the molecule is CC1(c2ccccc2)c2ccccc2-c2ccc(-c3ccc(-c4ccc5c(c4)-c4cccc6cccc(c46)S5)cc3)cc21. The Kier molecular flexibility index (Phi) is 5.36. The highest BCUT2D eigenvalue weighted by Gasteiger charge is 2.40. The average Bonchev–Trinajstić information content (AvgIpc) is 3.34. The average molecular weight is 565 g/mol. The molecule has 0 nitrogen and oxygen atoms in total. The molecule has 1 unspecified atom stereocenters. The summed E-state index contributed by atoms with van der Waals surface area (Å²) in [4.78, 5) is 2.67. The molecule has 2 aliphatic rings. The zero-order valence-electron chi connectivity index (χ0n) is 23.8. The fraction of sp³-hybridized carbons (Fsp3) is 0.0476. The number of fused-ring (bicyclic) bond motifs is 5. The molecule has 0 saturated heterocycles. The maximum atomic E-state index is 2.42. The lowest BCUT2D eigenvalue weighted by Crippen LogP contribution is -2.22. The molecule has 0 spiro atoms. The third-order valence-electron chi connectivity index (χ3n) is 9.57. The molecule has 0 bridgehead atoms. The van der Waals surface area contributed by atoms with Crippen molar-refractivity contribution in [2.75, 3.05) is 0 Å². The second kappa shape index (κ2) is 9.33. The Bertz CT molecular complexity index is 2200. The monoisotopic (exact) mass is 564 g/mol. The van der Waals surface area contributed by atoms with Crippen LogP contribution < -0.4 is 0 Å². The largest absolute Gasteiger partial charge is 0.0888 e. The second-order valence-corrected chi connectivity index (χ2v) is 12.9. The van der Waals surface area contributed by atoms with Crippen LogP contribution in [0.3, 0.4) is 0 Å². The van der Waals surface area contributed by atoms with Crippen molar-refractivity contribution in [1.82, 2.24) is 0 Å². The summed E-state index contributed by atoms with van der Waals surface area (Å²) in [7, 11) is 0. The maximum absolute atomic E-state index is 2.42. The van der Waals surface area contributed by atoms with Crippen molar-refractivity contribution in [2.24, 2.45) is 0 Å². The molecule has 7 aromatic carbocycles. The van der Waals surface area contributed by atoms with Crippen LogP contribution in [0, 0.1) is 0 Å². The summed E-state index contributed by atoms with van der Waals surface area (Å²) in [5.74, 6) is 0. The Morgan fingerprint density at radius 2 is 1.05 bits per heavy atom. The van der Waals surface area contributed by atoms with Crippen LogP contribution in [0.4, 0.5) is 0 Å². The van der Waals surface area contributed by atoms with Gasteiger partial charge in [0, 0.05) is 20.6 Å². The molecule has 9 rings (SSSR count). The minimum Gasteiger partial charge on any atom is -0.0888 e. The van der Waals surface area contributed by atoms with Gasteiger partial charge in [0.2, 0.25) is 0 Å². The predicted octanol–water partition coefficient (Wildman–Crippen LogP) is 11.6. The lowest BCUT2D eigenvalue weighted by atomic mass is 9.74. The van der Waals surface area contributed by atoms with Crippen molar-refractivity contribution in [3.63, 3.8) is 0 Å². The molecule has 43 heavy (non-hydrogen) atoms. The summed E-state index contributed by atoms with van der Waals surface area (Å²) < 4.78 is 0. The van der Waals surface area contributed by atoms with E-state index in [1.165, 1.54) is 81.8 Å². The number of hydrogen-bond donors (Lipinski definition) is 0. The van der Waals surface area contributed by atoms with Gasteiger partial charge >= 0.3 is 0 Å². The first-order chi connectivity index (χ1) is 21.2. The van der Waals surface area contributed by atoms with E-state index in [4.69, 9.17) is 0 Å². The molecular weight excluding hydrogens is 537 g/mol. The van der Waals surface area contributed by atoms with E-state index in [-0.39, 0.29) is 5.41 Å². The van der Waals surface area contributed by atoms with Gasteiger partial charge in [-0.05, 0) is 97.8 Å². The van der Waals surface area contributed by atoms with Gasteiger partial charge in [-0.15, -0.1) is 0 Å². The first kappa shape index (κ1) is 24.7. The van der Waals surface area contributed by atoms with E-state index in [1.807, 2.05) is 11.8 Å². The van der Waals surface area contributed by atoms with Crippen molar-refractivity contribution < 1.29 is 0 Å². The first-order valence-corrected chi connectivity index (χ1v) is 15.7. The third-order valence-corrected chi connectivity index (χ3v) is 10.7. The van der Waals surface area contributed by atoms with E-state index in [0.717, 1.165) is 0 Å². The zero-order chi connectivity index (χ0) is 28.5. The van der Waals surface area contributed by atoms with E-state index < -0.39 is 0 Å². The summed E-state index contributed by atoms with van der Waals surface area (Å²) in [5.41, 5.74) is 14.2. The molecular formula is C42H28S. The highest BCUT2D eigenvalue weighted by molar-refractivity contribution is 7.99. The van der Waals surface area contributed by atoms with Gasteiger partial charge in [-0.25, -0.2) is 0 Å². The maximum Gasteiger partial charge on any atom is 0.0435 e. The Morgan fingerprint density at radius 1 is 0.419 bits per heavy atom. The molecule has 1 heterocycles. The van der Waals surface area contributed by atoms with Crippen LogP contribution >= 0.6 is 11.8 Å². The van der Waals surface area contributed by atoms with Crippen molar-refractivity contribution >= 4 is 22.5 Å². The quantitative estimate of drug-likeness (QED) is 0.206. The Labute approximate surface area is 256 Å². The third kappa shape index (κ3) is 3.65. The molecule has 1 atom stereocenters. The summed E-state index contributed by atoms with van der Waals surface area (Å²) >= 11 is 1.88. The van der Waals surface area contributed by atoms with Crippen LogP contribution in [0.2, 0.25) is 0 Å². The van der Waals surface area contributed by atoms with Crippen LogP contribution in [0.25, 0.3) is 55.3 Å². The lowest BCUT2D eigenvalue weighted by Gasteiger charge is -2.28. The minimum atomic E-state index is -0.189.